The third-order valence-corrected chi connectivity index (χ3v) is 3.10. The minimum atomic E-state index is -0.132. The van der Waals surface area contributed by atoms with E-state index in [0.29, 0.717) is 18.8 Å². The minimum absolute atomic E-state index is 0.132. The van der Waals surface area contributed by atoms with Gasteiger partial charge in [0.15, 0.2) is 0 Å². The Bertz CT molecular complexity index is 670. The smallest absolute Gasteiger partial charge is 0.273 e. The maximum Gasteiger partial charge on any atom is 0.273 e. The summed E-state index contributed by atoms with van der Waals surface area (Å²) in [6.45, 7) is 8.26. The lowest BCUT2D eigenvalue weighted by Crippen LogP contribution is -2.31. The second kappa shape index (κ2) is 6.70. The summed E-state index contributed by atoms with van der Waals surface area (Å²) in [7, 11) is 1.62. The van der Waals surface area contributed by atoms with Gasteiger partial charge < -0.3 is 9.64 Å². The Labute approximate surface area is 124 Å². The number of carbonyl (C=O) groups excluding carboxylic acids is 1. The van der Waals surface area contributed by atoms with Crippen LogP contribution in [-0.4, -0.2) is 36.0 Å². The topological polar surface area (TPSA) is 42.4 Å². The lowest BCUT2D eigenvalue weighted by molar-refractivity contribution is 0.0785. The molecule has 0 saturated carbocycles. The molecule has 2 aromatic rings. The van der Waals surface area contributed by atoms with Crippen molar-refractivity contribution in [2.45, 2.75) is 0 Å². The van der Waals surface area contributed by atoms with E-state index in [2.05, 4.69) is 18.1 Å². The van der Waals surface area contributed by atoms with Crippen LogP contribution in [0.25, 0.3) is 10.9 Å². The van der Waals surface area contributed by atoms with Gasteiger partial charge in [0.25, 0.3) is 5.91 Å². The molecule has 0 bridgehead atoms. The van der Waals surface area contributed by atoms with Crippen LogP contribution in [0.5, 0.6) is 5.75 Å². The molecule has 0 fully saturated rings. The van der Waals surface area contributed by atoms with Gasteiger partial charge in [-0.05, 0) is 24.3 Å². The van der Waals surface area contributed by atoms with E-state index < -0.39 is 0 Å². The molecule has 2 rings (SSSR count). The highest BCUT2D eigenvalue weighted by molar-refractivity contribution is 5.95. The van der Waals surface area contributed by atoms with Crippen molar-refractivity contribution >= 4 is 16.8 Å². The fourth-order valence-corrected chi connectivity index (χ4v) is 2.06. The van der Waals surface area contributed by atoms with E-state index in [4.69, 9.17) is 4.74 Å². The van der Waals surface area contributed by atoms with Crippen molar-refractivity contribution in [1.82, 2.24) is 9.88 Å². The fourth-order valence-electron chi connectivity index (χ4n) is 2.06. The molecule has 1 amide bonds. The van der Waals surface area contributed by atoms with Crippen LogP contribution in [0.15, 0.2) is 55.6 Å². The molecule has 4 nitrogen and oxygen atoms in total. The number of hydrogen-bond donors (Lipinski definition) is 0. The Morgan fingerprint density at radius 1 is 1.24 bits per heavy atom. The van der Waals surface area contributed by atoms with Crippen molar-refractivity contribution in [3.63, 3.8) is 0 Å². The van der Waals surface area contributed by atoms with Gasteiger partial charge in [-0.15, -0.1) is 13.2 Å². The summed E-state index contributed by atoms with van der Waals surface area (Å²) < 4.78 is 5.18. The molecule has 0 aliphatic rings. The zero-order valence-electron chi connectivity index (χ0n) is 12.1. The van der Waals surface area contributed by atoms with Crippen LogP contribution >= 0.6 is 0 Å². The number of pyridine rings is 1. The first-order chi connectivity index (χ1) is 10.2. The van der Waals surface area contributed by atoms with Gasteiger partial charge >= 0.3 is 0 Å². The Morgan fingerprint density at radius 3 is 2.57 bits per heavy atom. The van der Waals surface area contributed by atoms with Crippen LogP contribution in [0, 0.1) is 0 Å². The molecule has 0 atom stereocenters. The van der Waals surface area contributed by atoms with E-state index in [0.717, 1.165) is 16.7 Å². The van der Waals surface area contributed by atoms with E-state index in [1.54, 1.807) is 30.2 Å². The largest absolute Gasteiger partial charge is 0.497 e. The molecular weight excluding hydrogens is 264 g/mol. The van der Waals surface area contributed by atoms with E-state index in [-0.39, 0.29) is 5.91 Å². The molecule has 1 aromatic carbocycles. The molecular formula is C17H18N2O2. The predicted molar refractivity (Wildman–Crippen MR) is 84.6 cm³/mol. The number of nitrogens with zero attached hydrogens (tertiary/aromatic N) is 2. The number of aromatic nitrogens is 1. The van der Waals surface area contributed by atoms with Gasteiger partial charge in [-0.3, -0.25) is 4.79 Å². The van der Waals surface area contributed by atoms with E-state index >= 15 is 0 Å². The summed E-state index contributed by atoms with van der Waals surface area (Å²) in [5.41, 5.74) is 1.18. The highest BCUT2D eigenvalue weighted by Gasteiger charge is 2.15. The lowest BCUT2D eigenvalue weighted by Gasteiger charge is -2.18. The highest BCUT2D eigenvalue weighted by atomic mass is 16.5. The molecule has 0 unspecified atom stereocenters. The van der Waals surface area contributed by atoms with Crippen molar-refractivity contribution in [2.24, 2.45) is 0 Å². The molecule has 0 spiro atoms. The average Bonchev–Trinajstić information content (AvgIpc) is 2.53. The molecule has 0 N–H and O–H groups in total. The molecule has 1 heterocycles. The number of rotatable bonds is 6. The second-order valence-electron chi connectivity index (χ2n) is 4.54. The SMILES string of the molecule is C=CCN(CC=C)C(=O)c1ccc2cc(OC)ccc2n1. The molecule has 0 radical (unpaired) electrons. The van der Waals surface area contributed by atoms with Gasteiger partial charge in [0.2, 0.25) is 0 Å². The number of fused-ring (bicyclic) bond motifs is 1. The number of amides is 1. The molecule has 4 heteroatoms. The third kappa shape index (κ3) is 3.28. The van der Waals surface area contributed by atoms with Crippen molar-refractivity contribution in [2.75, 3.05) is 20.2 Å². The maximum absolute atomic E-state index is 12.4. The van der Waals surface area contributed by atoms with Crippen molar-refractivity contribution in [3.8, 4) is 5.75 Å². The quantitative estimate of drug-likeness (QED) is 0.765. The van der Waals surface area contributed by atoms with Crippen LogP contribution in [0.1, 0.15) is 10.5 Å². The van der Waals surface area contributed by atoms with E-state index in [1.807, 2.05) is 24.3 Å². The Balaban J connectivity index is 2.35. The van der Waals surface area contributed by atoms with Crippen LogP contribution in [-0.2, 0) is 0 Å². The van der Waals surface area contributed by atoms with E-state index in [9.17, 15) is 4.79 Å². The summed E-state index contributed by atoms with van der Waals surface area (Å²) in [4.78, 5) is 18.5. The molecule has 0 saturated heterocycles. The van der Waals surface area contributed by atoms with E-state index in [1.165, 1.54) is 0 Å². The second-order valence-corrected chi connectivity index (χ2v) is 4.54. The van der Waals surface area contributed by atoms with Gasteiger partial charge in [0, 0.05) is 18.5 Å². The van der Waals surface area contributed by atoms with Crippen LogP contribution < -0.4 is 4.74 Å². The van der Waals surface area contributed by atoms with Crippen LogP contribution in [0.2, 0.25) is 0 Å². The predicted octanol–water partition coefficient (Wildman–Crippen LogP) is 3.06. The standard InChI is InChI=1S/C17H18N2O2/c1-4-10-19(11-5-2)17(20)16-8-6-13-12-14(21-3)7-9-15(13)18-16/h4-9,12H,1-2,10-11H2,3H3. The number of ether oxygens (including phenoxy) is 1. The van der Waals surface area contributed by atoms with Gasteiger partial charge in [-0.25, -0.2) is 4.98 Å². The molecule has 21 heavy (non-hydrogen) atoms. The number of methoxy groups -OCH3 is 1. The Kier molecular flexibility index (Phi) is 4.72. The summed E-state index contributed by atoms with van der Waals surface area (Å²) in [5.74, 6) is 0.635. The molecule has 0 aliphatic heterocycles. The summed E-state index contributed by atoms with van der Waals surface area (Å²) in [6, 6.07) is 9.16. The molecule has 108 valence electrons. The summed E-state index contributed by atoms with van der Waals surface area (Å²) in [6.07, 6.45) is 3.38. The zero-order valence-corrected chi connectivity index (χ0v) is 12.1. The highest BCUT2D eigenvalue weighted by Crippen LogP contribution is 2.20. The maximum atomic E-state index is 12.4. The van der Waals surface area contributed by atoms with Gasteiger partial charge in [0.05, 0.1) is 12.6 Å². The van der Waals surface area contributed by atoms with Crippen LogP contribution in [0.3, 0.4) is 0 Å². The number of benzene rings is 1. The Hall–Kier alpha value is -2.62. The average molecular weight is 282 g/mol. The van der Waals surface area contributed by atoms with Gasteiger partial charge in [-0.2, -0.15) is 0 Å². The van der Waals surface area contributed by atoms with Gasteiger partial charge in [-0.1, -0.05) is 18.2 Å². The van der Waals surface area contributed by atoms with Gasteiger partial charge in [0.1, 0.15) is 11.4 Å². The number of hydrogen-bond acceptors (Lipinski definition) is 3. The molecule has 0 aliphatic carbocycles. The first kappa shape index (κ1) is 14.8. The van der Waals surface area contributed by atoms with Crippen molar-refractivity contribution in [1.29, 1.82) is 0 Å². The first-order valence-electron chi connectivity index (χ1n) is 6.65. The normalized spacial score (nSPS) is 10.1. The lowest BCUT2D eigenvalue weighted by atomic mass is 10.2. The van der Waals surface area contributed by atoms with Crippen LogP contribution in [0.4, 0.5) is 0 Å². The minimum Gasteiger partial charge on any atom is -0.497 e. The fraction of sp³-hybridized carbons (Fsp3) is 0.176. The monoisotopic (exact) mass is 282 g/mol. The number of carbonyl (C=O) groups is 1. The van der Waals surface area contributed by atoms with Crippen molar-refractivity contribution < 1.29 is 9.53 Å². The van der Waals surface area contributed by atoms with Crippen molar-refractivity contribution in [3.05, 3.63) is 61.3 Å². The first-order valence-corrected chi connectivity index (χ1v) is 6.65. The summed E-state index contributed by atoms with van der Waals surface area (Å²) >= 11 is 0. The zero-order chi connectivity index (χ0) is 15.2. The summed E-state index contributed by atoms with van der Waals surface area (Å²) in [5, 5.41) is 0.935. The molecule has 1 aromatic heterocycles. The third-order valence-electron chi connectivity index (χ3n) is 3.10. The Morgan fingerprint density at radius 2 is 1.95 bits per heavy atom.